The number of methoxy groups -OCH3 is 1. The van der Waals surface area contributed by atoms with Gasteiger partial charge in [-0.25, -0.2) is 0 Å². The van der Waals surface area contributed by atoms with Crippen molar-refractivity contribution in [3.63, 3.8) is 0 Å². The van der Waals surface area contributed by atoms with Gasteiger partial charge in [-0.15, -0.1) is 0 Å². The lowest BCUT2D eigenvalue weighted by Crippen LogP contribution is -2.22. The molecule has 108 valence electrons. The van der Waals surface area contributed by atoms with Crippen LogP contribution in [0.3, 0.4) is 0 Å². The van der Waals surface area contributed by atoms with E-state index in [0.29, 0.717) is 5.41 Å². The van der Waals surface area contributed by atoms with E-state index in [9.17, 15) is 0 Å². The number of benzene rings is 1. The summed E-state index contributed by atoms with van der Waals surface area (Å²) in [7, 11) is 1.73. The molecule has 0 aliphatic heterocycles. The fourth-order valence-corrected chi connectivity index (χ4v) is 2.31. The van der Waals surface area contributed by atoms with Gasteiger partial charge in [0, 0.05) is 0 Å². The molecule has 0 aromatic heterocycles. The lowest BCUT2D eigenvalue weighted by Gasteiger charge is -2.25. The van der Waals surface area contributed by atoms with Gasteiger partial charge in [-0.05, 0) is 61.9 Å². The highest BCUT2D eigenvalue weighted by atomic mass is 16.5. The van der Waals surface area contributed by atoms with Gasteiger partial charge in [0.1, 0.15) is 5.75 Å². The summed E-state index contributed by atoms with van der Waals surface area (Å²) in [5.41, 5.74) is 3.04. The second-order valence-electron chi connectivity index (χ2n) is 6.07. The Morgan fingerprint density at radius 1 is 1.21 bits per heavy atom. The number of rotatable bonds is 8. The molecule has 0 spiro atoms. The number of hydrogen-bond donors (Lipinski definition) is 1. The zero-order chi connectivity index (χ0) is 14.3. The van der Waals surface area contributed by atoms with Gasteiger partial charge in [0.2, 0.25) is 0 Å². The Kier molecular flexibility index (Phi) is 6.36. The Morgan fingerprint density at radius 3 is 2.53 bits per heavy atom. The summed E-state index contributed by atoms with van der Waals surface area (Å²) in [5, 5.41) is 3.41. The van der Waals surface area contributed by atoms with E-state index in [2.05, 4.69) is 51.2 Å². The zero-order valence-electron chi connectivity index (χ0n) is 13.2. The first-order valence-corrected chi connectivity index (χ1v) is 7.33. The molecule has 0 fully saturated rings. The van der Waals surface area contributed by atoms with Crippen LogP contribution < -0.4 is 10.1 Å². The minimum Gasteiger partial charge on any atom is -0.496 e. The van der Waals surface area contributed by atoms with Gasteiger partial charge in [0.25, 0.3) is 0 Å². The number of hydrogen-bond acceptors (Lipinski definition) is 2. The van der Waals surface area contributed by atoms with Crippen molar-refractivity contribution < 1.29 is 4.74 Å². The second kappa shape index (κ2) is 7.54. The lowest BCUT2D eigenvalue weighted by atomic mass is 9.83. The van der Waals surface area contributed by atoms with E-state index in [1.165, 1.54) is 24.0 Å². The standard InChI is InChI=1S/C17H29NO/c1-6-18-12-11-17(3,4)10-9-15-7-8-16(19-5)14(2)13-15/h7-8,13,18H,6,9-12H2,1-5H3. The van der Waals surface area contributed by atoms with Crippen LogP contribution in [0.1, 0.15) is 44.7 Å². The van der Waals surface area contributed by atoms with Crippen LogP contribution in [0.15, 0.2) is 18.2 Å². The maximum Gasteiger partial charge on any atom is 0.121 e. The highest BCUT2D eigenvalue weighted by Crippen LogP contribution is 2.27. The molecule has 0 aliphatic rings. The van der Waals surface area contributed by atoms with Gasteiger partial charge in [-0.2, -0.15) is 0 Å². The van der Waals surface area contributed by atoms with Gasteiger partial charge in [-0.3, -0.25) is 0 Å². The van der Waals surface area contributed by atoms with Gasteiger partial charge >= 0.3 is 0 Å². The lowest BCUT2D eigenvalue weighted by molar-refractivity contribution is 0.303. The maximum atomic E-state index is 5.30. The summed E-state index contributed by atoms with van der Waals surface area (Å²) in [5.74, 6) is 0.982. The van der Waals surface area contributed by atoms with Crippen molar-refractivity contribution in [2.45, 2.75) is 47.0 Å². The fourth-order valence-electron chi connectivity index (χ4n) is 2.31. The van der Waals surface area contributed by atoms with Crippen molar-refractivity contribution in [1.82, 2.24) is 5.32 Å². The van der Waals surface area contributed by atoms with Crippen LogP contribution in [-0.2, 0) is 6.42 Å². The SMILES string of the molecule is CCNCCC(C)(C)CCc1ccc(OC)c(C)c1. The highest BCUT2D eigenvalue weighted by molar-refractivity contribution is 5.36. The van der Waals surface area contributed by atoms with Crippen LogP contribution in [0.25, 0.3) is 0 Å². The first-order valence-electron chi connectivity index (χ1n) is 7.33. The number of nitrogens with one attached hydrogen (secondary N) is 1. The Morgan fingerprint density at radius 2 is 1.95 bits per heavy atom. The molecular weight excluding hydrogens is 234 g/mol. The molecule has 1 rings (SSSR count). The zero-order valence-corrected chi connectivity index (χ0v) is 13.2. The van der Waals surface area contributed by atoms with Gasteiger partial charge < -0.3 is 10.1 Å². The monoisotopic (exact) mass is 263 g/mol. The van der Waals surface area contributed by atoms with Gasteiger partial charge in [-0.1, -0.05) is 32.9 Å². The molecule has 1 N–H and O–H groups in total. The van der Waals surface area contributed by atoms with Crippen molar-refractivity contribution in [2.75, 3.05) is 20.2 Å². The van der Waals surface area contributed by atoms with Crippen molar-refractivity contribution in [1.29, 1.82) is 0 Å². The smallest absolute Gasteiger partial charge is 0.121 e. The minimum absolute atomic E-state index is 0.399. The van der Waals surface area contributed by atoms with Crippen LogP contribution in [0.5, 0.6) is 5.75 Å². The normalized spacial score (nSPS) is 11.6. The Labute approximate surface area is 118 Å². The minimum atomic E-state index is 0.399. The molecular formula is C17H29NO. The van der Waals surface area contributed by atoms with Crippen LogP contribution >= 0.6 is 0 Å². The molecule has 0 unspecified atom stereocenters. The third-order valence-corrected chi connectivity index (χ3v) is 3.78. The molecule has 0 bridgehead atoms. The third kappa shape index (κ3) is 5.65. The summed E-state index contributed by atoms with van der Waals surface area (Å²) in [6, 6.07) is 6.52. The Hall–Kier alpha value is -1.02. The molecule has 19 heavy (non-hydrogen) atoms. The van der Waals surface area contributed by atoms with Crippen molar-refractivity contribution in [3.05, 3.63) is 29.3 Å². The van der Waals surface area contributed by atoms with Crippen molar-refractivity contribution in [2.24, 2.45) is 5.41 Å². The van der Waals surface area contributed by atoms with Crippen LogP contribution in [0.2, 0.25) is 0 Å². The van der Waals surface area contributed by atoms with E-state index < -0.39 is 0 Å². The molecule has 1 aromatic carbocycles. The summed E-state index contributed by atoms with van der Waals surface area (Å²) in [4.78, 5) is 0. The van der Waals surface area contributed by atoms with E-state index in [1.807, 2.05) is 0 Å². The number of aryl methyl sites for hydroxylation is 2. The molecule has 0 saturated carbocycles. The van der Waals surface area contributed by atoms with Crippen LogP contribution in [-0.4, -0.2) is 20.2 Å². The largest absolute Gasteiger partial charge is 0.496 e. The fraction of sp³-hybridized carbons (Fsp3) is 0.647. The van der Waals surface area contributed by atoms with Crippen molar-refractivity contribution in [3.8, 4) is 5.75 Å². The predicted molar refractivity (Wildman–Crippen MR) is 83.0 cm³/mol. The third-order valence-electron chi connectivity index (χ3n) is 3.78. The summed E-state index contributed by atoms with van der Waals surface area (Å²) < 4.78 is 5.30. The van der Waals surface area contributed by atoms with E-state index in [4.69, 9.17) is 4.74 Å². The summed E-state index contributed by atoms with van der Waals surface area (Å²) in [6.07, 6.45) is 3.60. The maximum absolute atomic E-state index is 5.30. The average Bonchev–Trinajstić information content (AvgIpc) is 2.37. The molecule has 0 saturated heterocycles. The van der Waals surface area contributed by atoms with Gasteiger partial charge in [0.15, 0.2) is 0 Å². The Bertz CT molecular complexity index is 385. The molecule has 0 heterocycles. The van der Waals surface area contributed by atoms with Crippen molar-refractivity contribution >= 4 is 0 Å². The molecule has 2 nitrogen and oxygen atoms in total. The first kappa shape index (κ1) is 16.0. The highest BCUT2D eigenvalue weighted by Gasteiger charge is 2.17. The topological polar surface area (TPSA) is 21.3 Å². The van der Waals surface area contributed by atoms with Crippen LogP contribution in [0.4, 0.5) is 0 Å². The molecule has 2 heteroatoms. The van der Waals surface area contributed by atoms with E-state index in [1.54, 1.807) is 7.11 Å². The van der Waals surface area contributed by atoms with Crippen LogP contribution in [0, 0.1) is 12.3 Å². The second-order valence-corrected chi connectivity index (χ2v) is 6.07. The molecule has 0 aliphatic carbocycles. The van der Waals surface area contributed by atoms with E-state index >= 15 is 0 Å². The summed E-state index contributed by atoms with van der Waals surface area (Å²) in [6.45, 7) is 11.2. The average molecular weight is 263 g/mol. The molecule has 0 radical (unpaired) electrons. The van der Waals surface area contributed by atoms with Gasteiger partial charge in [0.05, 0.1) is 7.11 Å². The van der Waals surface area contributed by atoms with E-state index in [0.717, 1.165) is 25.3 Å². The number of ether oxygens (including phenoxy) is 1. The summed E-state index contributed by atoms with van der Waals surface area (Å²) >= 11 is 0. The first-order chi connectivity index (χ1) is 8.98. The Balaban J connectivity index is 2.49. The predicted octanol–water partition coefficient (Wildman–Crippen LogP) is 3.96. The molecule has 0 atom stereocenters. The van der Waals surface area contributed by atoms with E-state index in [-0.39, 0.29) is 0 Å². The quantitative estimate of drug-likeness (QED) is 0.717. The molecule has 1 aromatic rings. The molecule has 0 amide bonds.